The van der Waals surface area contributed by atoms with E-state index in [-0.39, 0.29) is 31.0 Å². The topological polar surface area (TPSA) is 72.8 Å². The van der Waals surface area contributed by atoms with E-state index < -0.39 is 33.1 Å². The average Bonchev–Trinajstić information content (AvgIpc) is 3.02. The van der Waals surface area contributed by atoms with Gasteiger partial charge in [-0.05, 0) is 44.0 Å². The molecule has 0 amide bonds. The molecule has 206 valence electrons. The Kier molecular flexibility index (Phi) is 10.7. The molecule has 4 aromatic rings. The van der Waals surface area contributed by atoms with Gasteiger partial charge in [-0.3, -0.25) is 13.4 Å². The fraction of sp³-hybridized carbons (Fsp3) is 0.212. The quantitative estimate of drug-likeness (QED) is 0.141. The molecule has 0 N–H and O–H groups in total. The molecule has 0 spiro atoms. The van der Waals surface area contributed by atoms with Gasteiger partial charge in [0.2, 0.25) is 0 Å². The predicted octanol–water partition coefficient (Wildman–Crippen LogP) is 6.22. The first-order chi connectivity index (χ1) is 19.5. The van der Waals surface area contributed by atoms with Gasteiger partial charge in [0.15, 0.2) is 5.54 Å². The van der Waals surface area contributed by atoms with Gasteiger partial charge < -0.3 is 4.74 Å². The molecule has 40 heavy (non-hydrogen) atoms. The van der Waals surface area contributed by atoms with Crippen LogP contribution in [-0.2, 0) is 31.1 Å². The molecule has 0 aliphatic heterocycles. The summed E-state index contributed by atoms with van der Waals surface area (Å²) in [6.07, 6.45) is 0.338. The van der Waals surface area contributed by atoms with Crippen molar-refractivity contribution >= 4 is 33.3 Å². The third-order valence-electron chi connectivity index (χ3n) is 6.49. The van der Waals surface area contributed by atoms with Crippen LogP contribution >= 0.6 is 0 Å². The largest absolute Gasteiger partial charge is 0.464 e. The smallest absolute Gasteiger partial charge is 0.334 e. The lowest BCUT2D eigenvalue weighted by molar-refractivity contribution is -0.149. The van der Waals surface area contributed by atoms with Gasteiger partial charge in [0.1, 0.15) is 0 Å². The maximum atomic E-state index is 13.8. The molecule has 2 unspecified atom stereocenters. The van der Waals surface area contributed by atoms with Crippen molar-refractivity contribution in [3.05, 3.63) is 132 Å². The minimum atomic E-state index is -1.40. The van der Waals surface area contributed by atoms with Crippen molar-refractivity contribution in [2.75, 3.05) is 18.1 Å². The third-order valence-corrected chi connectivity index (χ3v) is 9.24. The van der Waals surface area contributed by atoms with E-state index >= 15 is 0 Å². The average molecular weight is 572 g/mol. The second kappa shape index (κ2) is 14.6. The maximum absolute atomic E-state index is 13.8. The first kappa shape index (κ1) is 29.3. The summed E-state index contributed by atoms with van der Waals surface area (Å²) in [6.45, 7) is 1.93. The molecule has 0 saturated heterocycles. The van der Waals surface area contributed by atoms with E-state index in [1.807, 2.05) is 121 Å². The van der Waals surface area contributed by atoms with Gasteiger partial charge in [0.05, 0.1) is 33.9 Å². The summed E-state index contributed by atoms with van der Waals surface area (Å²) in [5.41, 5.74) is 0.919. The summed E-state index contributed by atoms with van der Waals surface area (Å²) in [4.78, 5) is 20.4. The molecule has 0 heterocycles. The first-order valence-corrected chi connectivity index (χ1v) is 15.9. The highest BCUT2D eigenvalue weighted by Crippen LogP contribution is 2.29. The standard InChI is InChI=1S/C33H33NO4S2/c1-2-38-32(35)33(23-25-39(36)29-19-11-5-12-20-29,24-26-40(37)30-21-13-6-14-22-30)34-31(27-15-7-3-8-16-27)28-17-9-4-10-18-28/h3-22H,2,23-26H2,1H3. The molecule has 2 atom stereocenters. The van der Waals surface area contributed by atoms with Crippen LogP contribution in [0, 0.1) is 0 Å². The van der Waals surface area contributed by atoms with E-state index in [0.717, 1.165) is 11.1 Å². The van der Waals surface area contributed by atoms with Crippen LogP contribution in [-0.4, -0.2) is 43.8 Å². The summed E-state index contributed by atoms with van der Waals surface area (Å²) < 4.78 is 32.2. The Balaban J connectivity index is 1.80. The number of nitrogens with zero attached hydrogens (tertiary/aromatic N) is 1. The van der Waals surface area contributed by atoms with Crippen molar-refractivity contribution in [2.45, 2.75) is 35.1 Å². The number of carbonyl (C=O) groups excluding carboxylic acids is 1. The molecule has 0 aromatic heterocycles. The van der Waals surface area contributed by atoms with Crippen LogP contribution in [0.1, 0.15) is 30.9 Å². The van der Waals surface area contributed by atoms with Crippen molar-refractivity contribution < 1.29 is 17.9 Å². The van der Waals surface area contributed by atoms with Crippen LogP contribution in [0.3, 0.4) is 0 Å². The van der Waals surface area contributed by atoms with E-state index in [9.17, 15) is 13.2 Å². The maximum Gasteiger partial charge on any atom is 0.334 e. The lowest BCUT2D eigenvalue weighted by Gasteiger charge is -2.29. The molecule has 0 radical (unpaired) electrons. The highest BCUT2D eigenvalue weighted by Gasteiger charge is 2.41. The molecule has 7 heteroatoms. The van der Waals surface area contributed by atoms with Gasteiger partial charge in [0.25, 0.3) is 0 Å². The minimum Gasteiger partial charge on any atom is -0.464 e. The molecule has 0 aliphatic carbocycles. The van der Waals surface area contributed by atoms with Crippen LogP contribution in [0.5, 0.6) is 0 Å². The molecule has 0 saturated carbocycles. The van der Waals surface area contributed by atoms with Gasteiger partial charge in [-0.2, -0.15) is 0 Å². The highest BCUT2D eigenvalue weighted by molar-refractivity contribution is 7.85. The fourth-order valence-corrected chi connectivity index (χ4v) is 6.80. The van der Waals surface area contributed by atoms with Crippen molar-refractivity contribution in [3.63, 3.8) is 0 Å². The summed E-state index contributed by atoms with van der Waals surface area (Å²) in [7, 11) is -2.71. The number of benzene rings is 4. The Morgan fingerprint density at radius 1 is 0.650 bits per heavy atom. The normalized spacial score (nSPS) is 13.9. The monoisotopic (exact) mass is 571 g/mol. The molecule has 0 fully saturated rings. The fourth-order valence-electron chi connectivity index (χ4n) is 4.36. The summed E-state index contributed by atoms with van der Waals surface area (Å²) >= 11 is 0. The van der Waals surface area contributed by atoms with E-state index in [0.29, 0.717) is 15.5 Å². The van der Waals surface area contributed by atoms with Crippen LogP contribution in [0.25, 0.3) is 0 Å². The second-order valence-electron chi connectivity index (χ2n) is 9.17. The number of aliphatic imine (C=N–C) groups is 1. The number of hydrogen-bond acceptors (Lipinski definition) is 5. The zero-order valence-electron chi connectivity index (χ0n) is 22.5. The van der Waals surface area contributed by atoms with E-state index in [1.54, 1.807) is 6.92 Å². The molecule has 0 bridgehead atoms. The SMILES string of the molecule is CCOC(=O)C(CCS(=O)c1ccccc1)(CCS(=O)c1ccccc1)N=C(c1ccccc1)c1ccccc1. The predicted molar refractivity (Wildman–Crippen MR) is 163 cm³/mol. The molecular weight excluding hydrogens is 539 g/mol. The summed E-state index contributed by atoms with van der Waals surface area (Å²) in [5, 5.41) is 0. The zero-order chi connectivity index (χ0) is 28.2. The van der Waals surface area contributed by atoms with E-state index in [4.69, 9.17) is 9.73 Å². The van der Waals surface area contributed by atoms with E-state index in [2.05, 4.69) is 0 Å². The molecule has 4 rings (SSSR count). The van der Waals surface area contributed by atoms with Gasteiger partial charge in [-0.25, -0.2) is 4.79 Å². The number of esters is 1. The second-order valence-corrected chi connectivity index (χ2v) is 12.3. The number of rotatable bonds is 13. The Morgan fingerprint density at radius 2 is 1.02 bits per heavy atom. The van der Waals surface area contributed by atoms with Crippen molar-refractivity contribution in [3.8, 4) is 0 Å². The van der Waals surface area contributed by atoms with Gasteiger partial charge in [0, 0.05) is 32.4 Å². The number of hydrogen-bond donors (Lipinski definition) is 0. The lowest BCUT2D eigenvalue weighted by atomic mass is 9.91. The van der Waals surface area contributed by atoms with Gasteiger partial charge in [-0.1, -0.05) is 97.1 Å². The third kappa shape index (κ3) is 7.71. The molecule has 5 nitrogen and oxygen atoms in total. The number of ether oxygens (including phenoxy) is 1. The van der Waals surface area contributed by atoms with Crippen LogP contribution < -0.4 is 0 Å². The summed E-state index contributed by atoms with van der Waals surface area (Å²) in [6, 6.07) is 37.7. The first-order valence-electron chi connectivity index (χ1n) is 13.3. The highest BCUT2D eigenvalue weighted by atomic mass is 32.2. The van der Waals surface area contributed by atoms with Gasteiger partial charge >= 0.3 is 5.97 Å². The van der Waals surface area contributed by atoms with E-state index in [1.165, 1.54) is 0 Å². The van der Waals surface area contributed by atoms with Crippen molar-refractivity contribution in [2.24, 2.45) is 4.99 Å². The Hall–Kier alpha value is -3.68. The Labute approximate surface area is 241 Å². The summed E-state index contributed by atoms with van der Waals surface area (Å²) in [5.74, 6) is -0.114. The Morgan fingerprint density at radius 3 is 1.40 bits per heavy atom. The van der Waals surface area contributed by atoms with Crippen molar-refractivity contribution in [1.82, 2.24) is 0 Å². The minimum absolute atomic E-state index is 0.169. The van der Waals surface area contributed by atoms with Crippen LogP contribution in [0.4, 0.5) is 0 Å². The molecule has 4 aromatic carbocycles. The van der Waals surface area contributed by atoms with Crippen LogP contribution in [0.2, 0.25) is 0 Å². The van der Waals surface area contributed by atoms with Crippen molar-refractivity contribution in [1.29, 1.82) is 0 Å². The van der Waals surface area contributed by atoms with Gasteiger partial charge in [-0.15, -0.1) is 0 Å². The molecular formula is C33H33NO4S2. The van der Waals surface area contributed by atoms with Crippen LogP contribution in [0.15, 0.2) is 136 Å². The molecule has 0 aliphatic rings. The Bertz CT molecular complexity index is 1350. The zero-order valence-corrected chi connectivity index (χ0v) is 24.1. The number of carbonyl (C=O) groups is 1. The lowest BCUT2D eigenvalue weighted by Crippen LogP contribution is -2.42.